The highest BCUT2D eigenvalue weighted by atomic mass is 16.1. The molecule has 0 unspecified atom stereocenters. The molecule has 0 saturated carbocycles. The normalized spacial score (nSPS) is 14.5. The maximum absolute atomic E-state index is 12.9. The summed E-state index contributed by atoms with van der Waals surface area (Å²) < 4.78 is 1.68. The number of amides is 1. The first-order valence-corrected chi connectivity index (χ1v) is 11.6. The number of rotatable bonds is 4. The summed E-state index contributed by atoms with van der Waals surface area (Å²) in [5, 5.41) is 7.21. The molecule has 8 nitrogen and oxygen atoms in total. The summed E-state index contributed by atoms with van der Waals surface area (Å²) in [5.74, 6) is 5.98. The number of imidazole rings is 1. The summed E-state index contributed by atoms with van der Waals surface area (Å²) in [7, 11) is 2.16. The van der Waals surface area contributed by atoms with Gasteiger partial charge in [-0.15, -0.1) is 0 Å². The van der Waals surface area contributed by atoms with Crippen LogP contribution in [-0.2, 0) is 6.54 Å². The predicted octanol–water partition coefficient (Wildman–Crippen LogP) is 2.83. The third-order valence-corrected chi connectivity index (χ3v) is 6.20. The number of hydrogen-bond acceptors (Lipinski definition) is 6. The maximum Gasteiger partial charge on any atom is 0.255 e. The van der Waals surface area contributed by atoms with Gasteiger partial charge in [0.2, 0.25) is 0 Å². The molecule has 4 aromatic rings. The van der Waals surface area contributed by atoms with Crippen LogP contribution in [0, 0.1) is 18.8 Å². The van der Waals surface area contributed by atoms with Gasteiger partial charge < -0.3 is 10.2 Å². The van der Waals surface area contributed by atoms with Crippen molar-refractivity contribution in [3.8, 4) is 11.8 Å². The minimum atomic E-state index is -0.169. The van der Waals surface area contributed by atoms with Crippen LogP contribution in [0.4, 0.5) is 5.69 Å². The van der Waals surface area contributed by atoms with Gasteiger partial charge in [0, 0.05) is 56.2 Å². The second-order valence-corrected chi connectivity index (χ2v) is 8.82. The number of nitrogens with one attached hydrogen (secondary N) is 1. The van der Waals surface area contributed by atoms with Crippen molar-refractivity contribution < 1.29 is 4.79 Å². The van der Waals surface area contributed by atoms with E-state index >= 15 is 0 Å². The van der Waals surface area contributed by atoms with Crippen LogP contribution < -0.4 is 5.32 Å². The molecule has 1 amide bonds. The molecule has 5 rings (SSSR count). The number of pyridine rings is 1. The molecule has 1 fully saturated rings. The molecule has 176 valence electrons. The van der Waals surface area contributed by atoms with Gasteiger partial charge in [0.1, 0.15) is 5.69 Å². The Balaban J connectivity index is 1.26. The number of benzene rings is 1. The van der Waals surface area contributed by atoms with E-state index in [2.05, 4.69) is 62.1 Å². The van der Waals surface area contributed by atoms with E-state index < -0.39 is 0 Å². The van der Waals surface area contributed by atoms with Crippen molar-refractivity contribution in [2.24, 2.45) is 0 Å². The Kier molecular flexibility index (Phi) is 6.53. The zero-order valence-corrected chi connectivity index (χ0v) is 19.9. The van der Waals surface area contributed by atoms with Crippen LogP contribution in [0.2, 0.25) is 0 Å². The van der Waals surface area contributed by atoms with Crippen LogP contribution in [0.5, 0.6) is 0 Å². The van der Waals surface area contributed by atoms with Gasteiger partial charge in [-0.2, -0.15) is 5.10 Å². The van der Waals surface area contributed by atoms with Crippen molar-refractivity contribution >= 4 is 17.2 Å². The van der Waals surface area contributed by atoms with Gasteiger partial charge in [0.05, 0.1) is 18.1 Å². The number of piperazine rings is 1. The van der Waals surface area contributed by atoms with Crippen LogP contribution in [-0.4, -0.2) is 68.5 Å². The summed E-state index contributed by atoms with van der Waals surface area (Å²) >= 11 is 0. The number of carbonyl (C=O) groups excluding carboxylic acids is 1. The maximum atomic E-state index is 12.9. The molecule has 1 aliphatic heterocycles. The number of carbonyl (C=O) groups is 1. The fourth-order valence-electron chi connectivity index (χ4n) is 4.09. The second kappa shape index (κ2) is 10.1. The Morgan fingerprint density at radius 1 is 1.06 bits per heavy atom. The van der Waals surface area contributed by atoms with E-state index in [1.807, 2.05) is 30.3 Å². The average molecular weight is 466 g/mol. The Hall–Kier alpha value is -4.06. The fraction of sp³-hybridized carbons (Fsp3) is 0.259. The smallest absolute Gasteiger partial charge is 0.255 e. The minimum absolute atomic E-state index is 0.169. The van der Waals surface area contributed by atoms with E-state index in [0.29, 0.717) is 22.5 Å². The number of aryl methyl sites for hydroxylation is 1. The Bertz CT molecular complexity index is 1420. The van der Waals surface area contributed by atoms with Gasteiger partial charge in [0.15, 0.2) is 5.65 Å². The summed E-state index contributed by atoms with van der Waals surface area (Å²) in [6.07, 6.45) is 6.66. The van der Waals surface area contributed by atoms with Crippen LogP contribution in [0.3, 0.4) is 0 Å². The number of likely N-dealkylation sites (N-methyl/N-ethyl adjacent to an activating group) is 1. The molecule has 1 aliphatic rings. The molecule has 1 aromatic carbocycles. The molecule has 0 aliphatic carbocycles. The first kappa shape index (κ1) is 22.7. The highest BCUT2D eigenvalue weighted by molar-refractivity contribution is 6.04. The van der Waals surface area contributed by atoms with E-state index in [1.165, 1.54) is 5.56 Å². The van der Waals surface area contributed by atoms with Crippen LogP contribution in [0.25, 0.3) is 5.65 Å². The molecule has 35 heavy (non-hydrogen) atoms. The molecule has 1 saturated heterocycles. The van der Waals surface area contributed by atoms with E-state index in [9.17, 15) is 4.79 Å². The second-order valence-electron chi connectivity index (χ2n) is 8.82. The van der Waals surface area contributed by atoms with Crippen LogP contribution in [0.1, 0.15) is 32.7 Å². The van der Waals surface area contributed by atoms with E-state index in [1.54, 1.807) is 29.3 Å². The zero-order valence-electron chi connectivity index (χ0n) is 19.9. The molecule has 3 aromatic heterocycles. The average Bonchev–Trinajstić information content (AvgIpc) is 3.28. The highest BCUT2D eigenvalue weighted by Gasteiger charge is 2.15. The standard InChI is InChI=1S/C27H27N7O/c1-20-14-22(6-7-23(20)19-33-12-10-32(2)11-13-33)27(35)31-24-15-21(16-28-17-24)5-8-25-18-29-26-4-3-9-30-34(25)26/h3-4,6-7,9,14-18H,10-13,19H2,1-2H3,(H,31,35). The summed E-state index contributed by atoms with van der Waals surface area (Å²) in [4.78, 5) is 26.2. The Morgan fingerprint density at radius 2 is 1.91 bits per heavy atom. The zero-order chi connectivity index (χ0) is 24.2. The van der Waals surface area contributed by atoms with Crippen molar-refractivity contribution in [3.63, 3.8) is 0 Å². The molecule has 0 atom stereocenters. The topological polar surface area (TPSA) is 78.7 Å². The SMILES string of the molecule is Cc1cc(C(=O)Nc2cncc(C#Cc3cnc4cccnn34)c2)ccc1CN1CCN(C)CC1. The molecule has 0 bridgehead atoms. The predicted molar refractivity (Wildman–Crippen MR) is 135 cm³/mol. The minimum Gasteiger partial charge on any atom is -0.321 e. The molecule has 0 spiro atoms. The lowest BCUT2D eigenvalue weighted by Gasteiger charge is -2.32. The number of anilines is 1. The third-order valence-electron chi connectivity index (χ3n) is 6.20. The quantitative estimate of drug-likeness (QED) is 0.467. The summed E-state index contributed by atoms with van der Waals surface area (Å²) in [6, 6.07) is 11.4. The number of nitrogens with zero attached hydrogens (tertiary/aromatic N) is 6. The van der Waals surface area contributed by atoms with Crippen LogP contribution >= 0.6 is 0 Å². The molecule has 0 radical (unpaired) electrons. The molecule has 1 N–H and O–H groups in total. The largest absolute Gasteiger partial charge is 0.321 e. The molecule has 8 heteroatoms. The Labute approximate surface area is 204 Å². The lowest BCUT2D eigenvalue weighted by Crippen LogP contribution is -2.43. The first-order chi connectivity index (χ1) is 17.0. The van der Waals surface area contributed by atoms with E-state index in [4.69, 9.17) is 0 Å². The lowest BCUT2D eigenvalue weighted by molar-refractivity contribution is 0.102. The number of hydrogen-bond donors (Lipinski definition) is 1. The van der Waals surface area contributed by atoms with Gasteiger partial charge in [-0.05, 0) is 61.4 Å². The van der Waals surface area contributed by atoms with Crippen molar-refractivity contribution in [1.82, 2.24) is 29.4 Å². The third kappa shape index (κ3) is 5.38. The monoisotopic (exact) mass is 465 g/mol. The van der Waals surface area contributed by atoms with Gasteiger partial charge in [-0.3, -0.25) is 14.7 Å². The summed E-state index contributed by atoms with van der Waals surface area (Å²) in [6.45, 7) is 7.29. The van der Waals surface area contributed by atoms with E-state index in [-0.39, 0.29) is 5.91 Å². The van der Waals surface area contributed by atoms with Gasteiger partial charge >= 0.3 is 0 Å². The first-order valence-electron chi connectivity index (χ1n) is 11.6. The van der Waals surface area contributed by atoms with Gasteiger partial charge in [-0.1, -0.05) is 12.0 Å². The summed E-state index contributed by atoms with van der Waals surface area (Å²) in [5.41, 5.74) is 5.70. The number of aromatic nitrogens is 4. The fourth-order valence-corrected chi connectivity index (χ4v) is 4.09. The van der Waals surface area contributed by atoms with Crippen molar-refractivity contribution in [1.29, 1.82) is 0 Å². The van der Waals surface area contributed by atoms with Gasteiger partial charge in [-0.25, -0.2) is 9.50 Å². The molecule has 4 heterocycles. The lowest BCUT2D eigenvalue weighted by atomic mass is 10.0. The molecular formula is C27H27N7O. The van der Waals surface area contributed by atoms with Crippen LogP contribution in [0.15, 0.2) is 61.2 Å². The van der Waals surface area contributed by atoms with Crippen molar-refractivity contribution in [3.05, 3.63) is 89.1 Å². The Morgan fingerprint density at radius 3 is 2.74 bits per heavy atom. The van der Waals surface area contributed by atoms with Gasteiger partial charge in [0.25, 0.3) is 5.91 Å². The number of fused-ring (bicyclic) bond motifs is 1. The highest BCUT2D eigenvalue weighted by Crippen LogP contribution is 2.17. The molecular weight excluding hydrogens is 438 g/mol. The van der Waals surface area contributed by atoms with Crippen molar-refractivity contribution in [2.45, 2.75) is 13.5 Å². The van der Waals surface area contributed by atoms with E-state index in [0.717, 1.165) is 43.9 Å². The van der Waals surface area contributed by atoms with Crippen molar-refractivity contribution in [2.75, 3.05) is 38.5 Å².